The van der Waals surface area contributed by atoms with Crippen molar-refractivity contribution < 1.29 is 19.1 Å². The molecule has 0 atom stereocenters. The highest BCUT2D eigenvalue weighted by Gasteiger charge is 2.10. The van der Waals surface area contributed by atoms with Crippen molar-refractivity contribution in [1.82, 2.24) is 0 Å². The van der Waals surface area contributed by atoms with Crippen molar-refractivity contribution in [3.63, 3.8) is 0 Å². The van der Waals surface area contributed by atoms with Crippen LogP contribution in [0.4, 0.5) is 5.69 Å². The number of para-hydroxylation sites is 1. The normalized spacial score (nSPS) is 10.2. The molecule has 0 aliphatic rings. The summed E-state index contributed by atoms with van der Waals surface area (Å²) in [6, 6.07) is 22.3. The summed E-state index contributed by atoms with van der Waals surface area (Å²) < 4.78 is 10.2. The van der Waals surface area contributed by atoms with Crippen LogP contribution < -0.4 is 10.1 Å². The Hall–Kier alpha value is -3.34. The number of carbonyl (C=O) groups is 2. The van der Waals surface area contributed by atoms with Crippen LogP contribution >= 0.6 is 0 Å². The van der Waals surface area contributed by atoms with Crippen LogP contribution in [0.25, 0.3) is 10.8 Å². The molecule has 3 aromatic rings. The van der Waals surface area contributed by atoms with E-state index in [0.717, 1.165) is 10.8 Å². The van der Waals surface area contributed by atoms with Gasteiger partial charge in [-0.3, -0.25) is 4.79 Å². The Bertz CT molecular complexity index is 872. The van der Waals surface area contributed by atoms with E-state index in [0.29, 0.717) is 11.4 Å². The second kappa shape index (κ2) is 7.97. The smallest absolute Gasteiger partial charge is 0.344 e. The van der Waals surface area contributed by atoms with Crippen LogP contribution in [-0.4, -0.2) is 25.1 Å². The molecule has 0 saturated heterocycles. The Kier molecular flexibility index (Phi) is 5.26. The lowest BCUT2D eigenvalue weighted by molar-refractivity contribution is -0.149. The average Bonchev–Trinajstić information content (AvgIpc) is 2.66. The van der Waals surface area contributed by atoms with E-state index in [1.807, 2.05) is 42.5 Å². The molecule has 0 aromatic heterocycles. The number of nitrogens with one attached hydrogen (secondary N) is 1. The van der Waals surface area contributed by atoms with Gasteiger partial charge in [-0.25, -0.2) is 4.79 Å². The Labute approximate surface area is 145 Å². The van der Waals surface area contributed by atoms with E-state index in [9.17, 15) is 9.59 Å². The molecule has 0 radical (unpaired) electrons. The van der Waals surface area contributed by atoms with Crippen molar-refractivity contribution in [1.29, 1.82) is 0 Å². The first-order valence-corrected chi connectivity index (χ1v) is 7.83. The molecule has 0 saturated carbocycles. The predicted octanol–water partition coefficient (Wildman–Crippen LogP) is 3.40. The van der Waals surface area contributed by atoms with Gasteiger partial charge < -0.3 is 14.8 Å². The first kappa shape index (κ1) is 16.5. The maximum absolute atomic E-state index is 12.0. The molecule has 0 spiro atoms. The first-order chi connectivity index (χ1) is 12.2. The van der Waals surface area contributed by atoms with Crippen molar-refractivity contribution in [3.05, 3.63) is 72.8 Å². The number of hydrogen-bond acceptors (Lipinski definition) is 4. The minimum Gasteiger partial charge on any atom is -0.482 e. The fraction of sp³-hybridized carbons (Fsp3) is 0.100. The van der Waals surface area contributed by atoms with E-state index in [2.05, 4.69) is 5.32 Å². The molecule has 3 rings (SSSR count). The van der Waals surface area contributed by atoms with Crippen molar-refractivity contribution >= 4 is 28.3 Å². The van der Waals surface area contributed by atoms with E-state index in [4.69, 9.17) is 9.47 Å². The van der Waals surface area contributed by atoms with Crippen molar-refractivity contribution in [2.45, 2.75) is 0 Å². The number of hydrogen-bond donors (Lipinski definition) is 1. The summed E-state index contributed by atoms with van der Waals surface area (Å²) in [6.45, 7) is -0.605. The lowest BCUT2D eigenvalue weighted by atomic mass is 10.1. The average molecular weight is 335 g/mol. The lowest BCUT2D eigenvalue weighted by Gasteiger charge is -2.09. The highest BCUT2D eigenvalue weighted by atomic mass is 16.6. The summed E-state index contributed by atoms with van der Waals surface area (Å²) in [4.78, 5) is 23.7. The third kappa shape index (κ3) is 4.57. The van der Waals surface area contributed by atoms with Gasteiger partial charge >= 0.3 is 5.97 Å². The predicted molar refractivity (Wildman–Crippen MR) is 95.5 cm³/mol. The maximum atomic E-state index is 12.0. The fourth-order valence-corrected chi connectivity index (χ4v) is 2.37. The molecule has 0 fully saturated rings. The van der Waals surface area contributed by atoms with E-state index < -0.39 is 11.9 Å². The summed E-state index contributed by atoms with van der Waals surface area (Å²) >= 11 is 0. The Morgan fingerprint density at radius 1 is 0.800 bits per heavy atom. The highest BCUT2D eigenvalue weighted by Crippen LogP contribution is 2.22. The van der Waals surface area contributed by atoms with Crippen LogP contribution in [0.1, 0.15) is 0 Å². The van der Waals surface area contributed by atoms with Gasteiger partial charge in [-0.2, -0.15) is 0 Å². The number of carbonyl (C=O) groups excluding carboxylic acids is 2. The molecule has 0 unspecified atom stereocenters. The van der Waals surface area contributed by atoms with Gasteiger partial charge in [0.05, 0.1) is 0 Å². The number of ether oxygens (including phenoxy) is 2. The topological polar surface area (TPSA) is 64.6 Å². The summed E-state index contributed by atoms with van der Waals surface area (Å²) in [7, 11) is 0. The molecular weight excluding hydrogens is 318 g/mol. The molecule has 3 aromatic carbocycles. The van der Waals surface area contributed by atoms with Gasteiger partial charge in [0.25, 0.3) is 5.91 Å². The van der Waals surface area contributed by atoms with Crippen LogP contribution in [0.2, 0.25) is 0 Å². The second-order valence-corrected chi connectivity index (χ2v) is 5.34. The minimum absolute atomic E-state index is 0.244. The third-order valence-electron chi connectivity index (χ3n) is 3.53. The maximum Gasteiger partial charge on any atom is 0.344 e. The number of esters is 1. The largest absolute Gasteiger partial charge is 0.482 e. The quantitative estimate of drug-likeness (QED) is 0.701. The van der Waals surface area contributed by atoms with Gasteiger partial charge in [-0.15, -0.1) is 0 Å². The molecule has 0 aliphatic heterocycles. The minimum atomic E-state index is -0.600. The number of fused-ring (bicyclic) bond motifs is 1. The molecule has 1 N–H and O–H groups in total. The Morgan fingerprint density at radius 3 is 2.36 bits per heavy atom. The van der Waals surface area contributed by atoms with Crippen molar-refractivity contribution in [2.75, 3.05) is 18.5 Å². The summed E-state index contributed by atoms with van der Waals surface area (Å²) in [5.41, 5.74) is 0.680. The number of rotatable bonds is 6. The Morgan fingerprint density at radius 2 is 1.52 bits per heavy atom. The molecule has 1 amide bonds. The van der Waals surface area contributed by atoms with Gasteiger partial charge in [0.15, 0.2) is 13.2 Å². The van der Waals surface area contributed by atoms with Gasteiger partial charge in [0, 0.05) is 11.1 Å². The van der Waals surface area contributed by atoms with E-state index in [1.165, 1.54) is 0 Å². The van der Waals surface area contributed by atoms with Crippen LogP contribution in [0.3, 0.4) is 0 Å². The lowest BCUT2D eigenvalue weighted by Crippen LogP contribution is -2.23. The zero-order chi connectivity index (χ0) is 17.5. The van der Waals surface area contributed by atoms with Crippen LogP contribution in [0, 0.1) is 0 Å². The summed E-state index contributed by atoms with van der Waals surface area (Å²) in [6.07, 6.45) is 0. The van der Waals surface area contributed by atoms with Gasteiger partial charge in [-0.1, -0.05) is 54.6 Å². The van der Waals surface area contributed by atoms with Gasteiger partial charge in [-0.05, 0) is 23.6 Å². The molecule has 0 bridgehead atoms. The zero-order valence-electron chi connectivity index (χ0n) is 13.5. The van der Waals surface area contributed by atoms with Gasteiger partial charge in [0.2, 0.25) is 0 Å². The standard InChI is InChI=1S/C20H17NO4/c22-19(13-25-20(23)14-24-16-9-2-1-3-10-16)21-18-12-6-8-15-7-4-5-11-17(15)18/h1-12H,13-14H2,(H,21,22). The number of benzene rings is 3. The first-order valence-electron chi connectivity index (χ1n) is 7.83. The molecule has 126 valence electrons. The molecule has 0 aliphatic carbocycles. The zero-order valence-corrected chi connectivity index (χ0v) is 13.5. The second-order valence-electron chi connectivity index (χ2n) is 5.34. The van der Waals surface area contributed by atoms with E-state index in [-0.39, 0.29) is 13.2 Å². The highest BCUT2D eigenvalue weighted by molar-refractivity contribution is 6.02. The monoisotopic (exact) mass is 335 g/mol. The van der Waals surface area contributed by atoms with Crippen LogP contribution in [0.15, 0.2) is 72.8 Å². The van der Waals surface area contributed by atoms with Crippen molar-refractivity contribution in [2.24, 2.45) is 0 Å². The fourth-order valence-electron chi connectivity index (χ4n) is 2.37. The number of anilines is 1. The molecular formula is C20H17NO4. The molecule has 5 heteroatoms. The SMILES string of the molecule is O=C(COC(=O)COc1ccccc1)Nc1cccc2ccccc12. The Balaban J connectivity index is 1.50. The number of amides is 1. The van der Waals surface area contributed by atoms with Crippen molar-refractivity contribution in [3.8, 4) is 5.75 Å². The molecule has 5 nitrogen and oxygen atoms in total. The summed E-state index contributed by atoms with van der Waals surface area (Å²) in [5.74, 6) is -0.430. The summed E-state index contributed by atoms with van der Waals surface area (Å²) in [5, 5.41) is 4.71. The van der Waals surface area contributed by atoms with E-state index >= 15 is 0 Å². The van der Waals surface area contributed by atoms with Crippen LogP contribution in [-0.2, 0) is 14.3 Å². The van der Waals surface area contributed by atoms with Gasteiger partial charge in [0.1, 0.15) is 5.75 Å². The third-order valence-corrected chi connectivity index (χ3v) is 3.53. The molecule has 0 heterocycles. The molecule has 25 heavy (non-hydrogen) atoms. The van der Waals surface area contributed by atoms with E-state index in [1.54, 1.807) is 30.3 Å². The van der Waals surface area contributed by atoms with Crippen LogP contribution in [0.5, 0.6) is 5.75 Å².